The maximum Gasteiger partial charge on any atom is 0.238 e. The van der Waals surface area contributed by atoms with Crippen molar-refractivity contribution in [2.45, 2.75) is 17.9 Å². The lowest BCUT2D eigenvalue weighted by Gasteiger charge is -2.16. The number of amides is 2. The zero-order chi connectivity index (χ0) is 19.6. The summed E-state index contributed by atoms with van der Waals surface area (Å²) in [5.41, 5.74) is 1.44. The van der Waals surface area contributed by atoms with Crippen molar-refractivity contribution >= 4 is 39.1 Å². The van der Waals surface area contributed by atoms with Gasteiger partial charge in [0.05, 0.1) is 10.8 Å². The quantitative estimate of drug-likeness (QED) is 0.785. The molecule has 27 heavy (non-hydrogen) atoms. The van der Waals surface area contributed by atoms with Crippen LogP contribution in [0.15, 0.2) is 53.4 Å². The predicted octanol–water partition coefficient (Wildman–Crippen LogP) is 1.66. The first kappa shape index (κ1) is 19.3. The molecular weight excluding hydrogens is 390 g/mol. The van der Waals surface area contributed by atoms with Crippen molar-refractivity contribution in [1.82, 2.24) is 5.32 Å². The summed E-state index contributed by atoms with van der Waals surface area (Å²) >= 11 is 5.86. The highest BCUT2D eigenvalue weighted by Gasteiger charge is 2.34. The van der Waals surface area contributed by atoms with Crippen LogP contribution >= 0.6 is 11.6 Å². The van der Waals surface area contributed by atoms with Crippen LogP contribution in [0, 0.1) is 5.92 Å². The van der Waals surface area contributed by atoms with Gasteiger partial charge < -0.3 is 10.2 Å². The Morgan fingerprint density at radius 3 is 2.37 bits per heavy atom. The topological polar surface area (TPSA) is 110 Å². The fourth-order valence-electron chi connectivity index (χ4n) is 2.88. The first-order chi connectivity index (χ1) is 12.7. The molecular formula is C18H18ClN3O4S. The molecule has 0 radical (unpaired) electrons. The van der Waals surface area contributed by atoms with E-state index in [0.29, 0.717) is 17.3 Å². The Labute approximate surface area is 162 Å². The van der Waals surface area contributed by atoms with Crippen LogP contribution in [0.3, 0.4) is 0 Å². The van der Waals surface area contributed by atoms with E-state index < -0.39 is 15.9 Å². The number of anilines is 1. The van der Waals surface area contributed by atoms with E-state index in [9.17, 15) is 18.0 Å². The van der Waals surface area contributed by atoms with Crippen molar-refractivity contribution in [2.75, 3.05) is 11.4 Å². The second-order valence-electron chi connectivity index (χ2n) is 6.29. The standard InChI is InChI=1S/C18H18ClN3O4S/c19-14-3-5-15(6-4-14)22-11-13(9-17(22)23)18(24)21-10-12-1-7-16(8-2-12)27(20,25)26/h1-8,13H,9-11H2,(H,21,24)(H2,20,25,26)/t13-/m1/s1. The van der Waals surface area contributed by atoms with Crippen LogP contribution in [0.5, 0.6) is 0 Å². The average molecular weight is 408 g/mol. The lowest BCUT2D eigenvalue weighted by molar-refractivity contribution is -0.126. The van der Waals surface area contributed by atoms with Gasteiger partial charge in [-0.15, -0.1) is 0 Å². The second-order valence-corrected chi connectivity index (χ2v) is 8.29. The molecule has 3 rings (SSSR count). The largest absolute Gasteiger partial charge is 0.352 e. The van der Waals surface area contributed by atoms with Crippen LogP contribution in [0.25, 0.3) is 0 Å². The number of nitrogens with zero attached hydrogens (tertiary/aromatic N) is 1. The van der Waals surface area contributed by atoms with Crippen molar-refractivity contribution in [3.05, 3.63) is 59.1 Å². The molecule has 7 nitrogen and oxygen atoms in total. The van der Waals surface area contributed by atoms with Crippen LogP contribution in [0.2, 0.25) is 5.02 Å². The summed E-state index contributed by atoms with van der Waals surface area (Å²) in [6, 6.07) is 12.8. The van der Waals surface area contributed by atoms with Gasteiger partial charge in [-0.25, -0.2) is 13.6 Å². The maximum absolute atomic E-state index is 12.4. The number of halogens is 1. The Morgan fingerprint density at radius 1 is 1.15 bits per heavy atom. The number of carbonyl (C=O) groups excluding carboxylic acids is 2. The minimum absolute atomic E-state index is 0.0116. The zero-order valence-corrected chi connectivity index (χ0v) is 15.8. The molecule has 0 spiro atoms. The molecule has 0 aromatic heterocycles. The number of nitrogens with one attached hydrogen (secondary N) is 1. The Kier molecular flexibility index (Phi) is 5.50. The van der Waals surface area contributed by atoms with Crippen LogP contribution in [-0.2, 0) is 26.2 Å². The third kappa shape index (κ3) is 4.65. The van der Waals surface area contributed by atoms with E-state index >= 15 is 0 Å². The molecule has 1 fully saturated rings. The predicted molar refractivity (Wildman–Crippen MR) is 102 cm³/mol. The number of nitrogens with two attached hydrogens (primary N) is 1. The van der Waals surface area contributed by atoms with E-state index in [1.54, 1.807) is 41.3 Å². The maximum atomic E-state index is 12.4. The highest BCUT2D eigenvalue weighted by Crippen LogP contribution is 2.26. The molecule has 1 aliphatic heterocycles. The van der Waals surface area contributed by atoms with Crippen molar-refractivity contribution in [2.24, 2.45) is 11.1 Å². The van der Waals surface area contributed by atoms with E-state index in [0.717, 1.165) is 5.56 Å². The zero-order valence-electron chi connectivity index (χ0n) is 14.3. The molecule has 1 heterocycles. The van der Waals surface area contributed by atoms with Gasteiger partial charge in [0.2, 0.25) is 21.8 Å². The van der Waals surface area contributed by atoms with Gasteiger partial charge in [0.25, 0.3) is 0 Å². The third-order valence-corrected chi connectivity index (χ3v) is 5.53. The summed E-state index contributed by atoms with van der Waals surface area (Å²) in [6.45, 7) is 0.534. The first-order valence-electron chi connectivity index (χ1n) is 8.19. The van der Waals surface area contributed by atoms with E-state index in [2.05, 4.69) is 5.32 Å². The molecule has 2 amide bonds. The molecule has 0 saturated carbocycles. The number of sulfonamides is 1. The van der Waals surface area contributed by atoms with Crippen LogP contribution < -0.4 is 15.4 Å². The summed E-state index contributed by atoms with van der Waals surface area (Å²) in [5.74, 6) is -0.790. The van der Waals surface area contributed by atoms with E-state index in [4.69, 9.17) is 16.7 Å². The molecule has 3 N–H and O–H groups in total. The minimum atomic E-state index is -3.74. The van der Waals surface area contributed by atoms with Crippen LogP contribution in [-0.4, -0.2) is 26.8 Å². The van der Waals surface area contributed by atoms with Gasteiger partial charge in [0, 0.05) is 30.2 Å². The fraction of sp³-hybridized carbons (Fsp3) is 0.222. The Balaban J connectivity index is 1.59. The number of primary sulfonamides is 1. The van der Waals surface area contributed by atoms with Gasteiger partial charge in [-0.3, -0.25) is 9.59 Å². The lowest BCUT2D eigenvalue weighted by atomic mass is 10.1. The third-order valence-electron chi connectivity index (χ3n) is 4.35. The summed E-state index contributed by atoms with van der Waals surface area (Å²) in [6.07, 6.45) is 0.138. The molecule has 1 saturated heterocycles. The van der Waals surface area contributed by atoms with E-state index in [-0.39, 0.29) is 29.7 Å². The van der Waals surface area contributed by atoms with E-state index in [1.165, 1.54) is 12.1 Å². The normalized spacial score (nSPS) is 17.2. The molecule has 9 heteroatoms. The number of hydrogen-bond donors (Lipinski definition) is 2. The lowest BCUT2D eigenvalue weighted by Crippen LogP contribution is -2.32. The molecule has 1 atom stereocenters. The smallest absolute Gasteiger partial charge is 0.238 e. The summed E-state index contributed by atoms with van der Waals surface area (Å²) < 4.78 is 22.5. The van der Waals surface area contributed by atoms with Gasteiger partial charge >= 0.3 is 0 Å². The fourth-order valence-corrected chi connectivity index (χ4v) is 3.53. The number of benzene rings is 2. The van der Waals surface area contributed by atoms with Crippen LogP contribution in [0.4, 0.5) is 5.69 Å². The minimum Gasteiger partial charge on any atom is -0.352 e. The molecule has 0 unspecified atom stereocenters. The van der Waals surface area contributed by atoms with Gasteiger partial charge in [-0.1, -0.05) is 23.7 Å². The molecule has 0 aliphatic carbocycles. The van der Waals surface area contributed by atoms with Gasteiger partial charge in [-0.05, 0) is 42.0 Å². The SMILES string of the molecule is NS(=O)(=O)c1ccc(CNC(=O)[C@@H]2CC(=O)N(c3ccc(Cl)cc3)C2)cc1. The highest BCUT2D eigenvalue weighted by atomic mass is 35.5. The van der Waals surface area contributed by atoms with Crippen molar-refractivity contribution < 1.29 is 18.0 Å². The van der Waals surface area contributed by atoms with Gasteiger partial charge in [0.1, 0.15) is 0 Å². The molecule has 0 bridgehead atoms. The summed E-state index contributed by atoms with van der Waals surface area (Å²) in [7, 11) is -3.74. The molecule has 1 aliphatic rings. The van der Waals surface area contributed by atoms with Crippen LogP contribution in [0.1, 0.15) is 12.0 Å². The highest BCUT2D eigenvalue weighted by molar-refractivity contribution is 7.89. The summed E-state index contributed by atoms with van der Waals surface area (Å²) in [4.78, 5) is 26.2. The van der Waals surface area contributed by atoms with E-state index in [1.807, 2.05) is 0 Å². The van der Waals surface area contributed by atoms with Crippen molar-refractivity contribution in [3.63, 3.8) is 0 Å². The Morgan fingerprint density at radius 2 is 1.78 bits per heavy atom. The average Bonchev–Trinajstić information content (AvgIpc) is 3.02. The molecule has 2 aromatic carbocycles. The number of rotatable bonds is 5. The Hall–Kier alpha value is -2.42. The monoisotopic (exact) mass is 407 g/mol. The number of carbonyl (C=O) groups is 2. The first-order valence-corrected chi connectivity index (χ1v) is 10.1. The van der Waals surface area contributed by atoms with Gasteiger partial charge in [0.15, 0.2) is 0 Å². The Bertz CT molecular complexity index is 959. The van der Waals surface area contributed by atoms with Crippen molar-refractivity contribution in [1.29, 1.82) is 0 Å². The van der Waals surface area contributed by atoms with Gasteiger partial charge in [-0.2, -0.15) is 0 Å². The molecule has 2 aromatic rings. The summed E-state index contributed by atoms with van der Waals surface area (Å²) in [5, 5.41) is 8.41. The molecule has 142 valence electrons. The second kappa shape index (κ2) is 7.67. The van der Waals surface area contributed by atoms with Crippen molar-refractivity contribution in [3.8, 4) is 0 Å². The number of hydrogen-bond acceptors (Lipinski definition) is 4.